The minimum atomic E-state index is 0.222. The lowest BCUT2D eigenvalue weighted by Crippen LogP contribution is -2.09. The van der Waals surface area contributed by atoms with E-state index in [-0.39, 0.29) is 11.8 Å². The van der Waals surface area contributed by atoms with Gasteiger partial charge in [-0.1, -0.05) is 45.9 Å². The molecule has 0 aliphatic rings. The van der Waals surface area contributed by atoms with Crippen molar-refractivity contribution in [2.45, 2.75) is 39.5 Å². The summed E-state index contributed by atoms with van der Waals surface area (Å²) in [5.74, 6) is 1.32. The highest BCUT2D eigenvalue weighted by atomic mass is 16.3. The van der Waals surface area contributed by atoms with Gasteiger partial charge in [-0.2, -0.15) is 0 Å². The van der Waals surface area contributed by atoms with Gasteiger partial charge in [-0.15, -0.1) is 0 Å². The summed E-state index contributed by atoms with van der Waals surface area (Å²) in [6.45, 7) is 8.72. The lowest BCUT2D eigenvalue weighted by Gasteiger charge is -2.18. The van der Waals surface area contributed by atoms with Crippen LogP contribution in [0.2, 0.25) is 0 Å². The zero-order valence-corrected chi connectivity index (χ0v) is 17.6. The van der Waals surface area contributed by atoms with Crippen molar-refractivity contribution in [3.8, 4) is 17.1 Å². The fourth-order valence-corrected chi connectivity index (χ4v) is 4.07. The second-order valence-corrected chi connectivity index (χ2v) is 8.21. The summed E-state index contributed by atoms with van der Waals surface area (Å²) in [5, 5.41) is 2.19. The molecular formula is C25H24N4O. The minimum absolute atomic E-state index is 0.222. The summed E-state index contributed by atoms with van der Waals surface area (Å²) < 4.78 is 8.57. The molecule has 0 aliphatic carbocycles. The van der Waals surface area contributed by atoms with Gasteiger partial charge in [0.05, 0.1) is 16.8 Å². The van der Waals surface area contributed by atoms with E-state index in [9.17, 15) is 0 Å². The van der Waals surface area contributed by atoms with Gasteiger partial charge in [0, 0.05) is 35.7 Å². The molecule has 0 saturated carbocycles. The van der Waals surface area contributed by atoms with E-state index < -0.39 is 0 Å². The van der Waals surface area contributed by atoms with E-state index in [4.69, 9.17) is 9.40 Å². The smallest absolute Gasteiger partial charge is 0.163 e. The molecule has 150 valence electrons. The van der Waals surface area contributed by atoms with Crippen molar-refractivity contribution >= 4 is 21.9 Å². The third-order valence-corrected chi connectivity index (χ3v) is 5.45. The van der Waals surface area contributed by atoms with E-state index in [0.717, 1.165) is 50.4 Å². The summed E-state index contributed by atoms with van der Waals surface area (Å²) in [6.07, 6.45) is 7.40. The Morgan fingerprint density at radius 2 is 1.70 bits per heavy atom. The number of hydrogen-bond acceptors (Lipinski definition) is 4. The van der Waals surface area contributed by atoms with E-state index in [2.05, 4.69) is 54.4 Å². The zero-order valence-electron chi connectivity index (χ0n) is 17.6. The van der Waals surface area contributed by atoms with Gasteiger partial charge < -0.3 is 4.42 Å². The van der Waals surface area contributed by atoms with Crippen LogP contribution in [0.5, 0.6) is 0 Å². The zero-order chi connectivity index (χ0) is 20.8. The third kappa shape index (κ3) is 2.81. The Morgan fingerprint density at radius 1 is 0.900 bits per heavy atom. The first-order valence-corrected chi connectivity index (χ1v) is 10.4. The molecule has 0 atom stereocenters. The number of pyridine rings is 2. The highest BCUT2D eigenvalue weighted by molar-refractivity contribution is 6.09. The van der Waals surface area contributed by atoms with Gasteiger partial charge >= 0.3 is 0 Å². The number of hydrogen-bond donors (Lipinski definition) is 0. The number of nitrogens with zero attached hydrogens (tertiary/aromatic N) is 4. The van der Waals surface area contributed by atoms with Crippen molar-refractivity contribution in [3.63, 3.8) is 0 Å². The van der Waals surface area contributed by atoms with Crippen molar-refractivity contribution in [2.75, 3.05) is 0 Å². The fourth-order valence-electron chi connectivity index (χ4n) is 4.07. The number of imidazole rings is 1. The van der Waals surface area contributed by atoms with E-state index in [0.29, 0.717) is 0 Å². The van der Waals surface area contributed by atoms with Crippen LogP contribution in [-0.2, 0) is 0 Å². The number of para-hydroxylation sites is 1. The quantitative estimate of drug-likeness (QED) is 0.349. The number of benzene rings is 1. The monoisotopic (exact) mass is 396 g/mol. The molecule has 4 heterocycles. The molecule has 0 amide bonds. The third-order valence-electron chi connectivity index (χ3n) is 5.45. The van der Waals surface area contributed by atoms with E-state index >= 15 is 0 Å². The first kappa shape index (κ1) is 18.6. The Bertz CT molecular complexity index is 1350. The van der Waals surface area contributed by atoms with Crippen molar-refractivity contribution in [1.29, 1.82) is 0 Å². The largest absolute Gasteiger partial charge is 0.454 e. The van der Waals surface area contributed by atoms with E-state index in [1.54, 1.807) is 6.20 Å². The molecule has 0 bridgehead atoms. The Labute approximate surface area is 175 Å². The summed E-state index contributed by atoms with van der Waals surface area (Å²) >= 11 is 0. The minimum Gasteiger partial charge on any atom is -0.454 e. The SMILES string of the molecule is CC(C)c1nc(C(C)C)c2c(oc3ccccc32)c1-n1ccnc1-c1cccnc1. The van der Waals surface area contributed by atoms with Crippen molar-refractivity contribution in [3.05, 3.63) is 72.6 Å². The Kier molecular flexibility index (Phi) is 4.39. The number of rotatable bonds is 4. The van der Waals surface area contributed by atoms with Crippen LogP contribution in [0.3, 0.4) is 0 Å². The molecule has 5 rings (SSSR count). The molecule has 0 aliphatic heterocycles. The van der Waals surface area contributed by atoms with E-state index in [1.165, 1.54) is 0 Å². The summed E-state index contributed by atoms with van der Waals surface area (Å²) in [4.78, 5) is 14.1. The molecule has 0 fully saturated rings. The molecule has 30 heavy (non-hydrogen) atoms. The Morgan fingerprint density at radius 3 is 2.43 bits per heavy atom. The maximum Gasteiger partial charge on any atom is 0.163 e. The molecule has 0 spiro atoms. The van der Waals surface area contributed by atoms with Gasteiger partial charge in [0.15, 0.2) is 5.58 Å². The first-order valence-electron chi connectivity index (χ1n) is 10.4. The molecule has 0 saturated heterocycles. The summed E-state index contributed by atoms with van der Waals surface area (Å²) in [7, 11) is 0. The molecule has 0 unspecified atom stereocenters. The van der Waals surface area contributed by atoms with Crippen LogP contribution in [0.25, 0.3) is 39.0 Å². The molecular weight excluding hydrogens is 372 g/mol. The molecule has 4 aromatic heterocycles. The average molecular weight is 396 g/mol. The van der Waals surface area contributed by atoms with Gasteiger partial charge in [-0.05, 0) is 30.0 Å². The highest BCUT2D eigenvalue weighted by Gasteiger charge is 2.25. The Balaban J connectivity index is 1.93. The van der Waals surface area contributed by atoms with Crippen LogP contribution in [-0.4, -0.2) is 19.5 Å². The van der Waals surface area contributed by atoms with Crippen molar-refractivity contribution in [2.24, 2.45) is 0 Å². The molecule has 0 radical (unpaired) electrons. The molecule has 5 nitrogen and oxygen atoms in total. The number of furan rings is 1. The normalized spacial score (nSPS) is 11.9. The standard InChI is InChI=1S/C25H24N4O/c1-15(2)21-20-18-9-5-6-10-19(18)30-24(20)23(22(28-21)16(3)4)29-13-12-27-25(29)17-8-7-11-26-14-17/h5-16H,1-4H3. The first-order chi connectivity index (χ1) is 14.6. The predicted octanol–water partition coefficient (Wildman–Crippen LogP) is 6.48. The molecule has 1 aromatic carbocycles. The van der Waals surface area contributed by atoms with Gasteiger partial charge in [-0.3, -0.25) is 14.5 Å². The number of fused-ring (bicyclic) bond motifs is 3. The van der Waals surface area contributed by atoms with Crippen molar-refractivity contribution in [1.82, 2.24) is 19.5 Å². The summed E-state index contributed by atoms with van der Waals surface area (Å²) in [5.41, 5.74) is 5.73. The van der Waals surface area contributed by atoms with Crippen LogP contribution < -0.4 is 0 Å². The second-order valence-electron chi connectivity index (χ2n) is 8.21. The average Bonchev–Trinajstić information content (AvgIpc) is 3.38. The second kappa shape index (κ2) is 7.10. The van der Waals surface area contributed by atoms with Gasteiger partial charge in [0.25, 0.3) is 0 Å². The lowest BCUT2D eigenvalue weighted by atomic mass is 9.98. The molecule has 5 aromatic rings. The van der Waals surface area contributed by atoms with Gasteiger partial charge in [0.1, 0.15) is 17.1 Å². The van der Waals surface area contributed by atoms with Gasteiger partial charge in [0.2, 0.25) is 0 Å². The molecule has 0 N–H and O–H groups in total. The van der Waals surface area contributed by atoms with Crippen LogP contribution >= 0.6 is 0 Å². The molecule has 5 heteroatoms. The van der Waals surface area contributed by atoms with Crippen LogP contribution in [0.1, 0.15) is 50.9 Å². The van der Waals surface area contributed by atoms with Crippen LogP contribution in [0.15, 0.2) is 65.6 Å². The van der Waals surface area contributed by atoms with E-state index in [1.807, 2.05) is 42.9 Å². The predicted molar refractivity (Wildman–Crippen MR) is 120 cm³/mol. The summed E-state index contributed by atoms with van der Waals surface area (Å²) in [6, 6.07) is 12.1. The highest BCUT2D eigenvalue weighted by Crippen LogP contribution is 2.40. The number of aromatic nitrogens is 4. The van der Waals surface area contributed by atoms with Crippen LogP contribution in [0, 0.1) is 0 Å². The maximum absolute atomic E-state index is 6.48. The topological polar surface area (TPSA) is 56.7 Å². The van der Waals surface area contributed by atoms with Crippen LogP contribution in [0.4, 0.5) is 0 Å². The maximum atomic E-state index is 6.48. The fraction of sp³-hybridized carbons (Fsp3) is 0.240. The van der Waals surface area contributed by atoms with Crippen molar-refractivity contribution < 1.29 is 4.42 Å². The lowest BCUT2D eigenvalue weighted by molar-refractivity contribution is 0.658. The Hall–Kier alpha value is -3.47. The van der Waals surface area contributed by atoms with Gasteiger partial charge in [-0.25, -0.2) is 4.98 Å².